The second kappa shape index (κ2) is 8.25. The molecule has 0 saturated heterocycles. The van der Waals surface area contributed by atoms with E-state index in [1.54, 1.807) is 13.0 Å². The van der Waals surface area contributed by atoms with Crippen LogP contribution in [-0.4, -0.2) is 46.1 Å². The molecule has 2 aliphatic rings. The lowest BCUT2D eigenvalue weighted by molar-refractivity contribution is -0.159. The summed E-state index contributed by atoms with van der Waals surface area (Å²) in [6.45, 7) is 1.38. The van der Waals surface area contributed by atoms with Gasteiger partial charge in [-0.3, -0.25) is 9.59 Å². The number of rotatable bonds is 2. The number of aromatic nitrogens is 2. The van der Waals surface area contributed by atoms with E-state index in [1.807, 2.05) is 0 Å². The van der Waals surface area contributed by atoms with Crippen molar-refractivity contribution in [1.29, 1.82) is 0 Å². The fourth-order valence-corrected chi connectivity index (χ4v) is 3.75. The number of nitrogens with zero attached hydrogens (tertiary/aromatic N) is 3. The Morgan fingerprint density at radius 3 is 2.71 bits per heavy atom. The Morgan fingerprint density at radius 2 is 1.97 bits per heavy atom. The van der Waals surface area contributed by atoms with Gasteiger partial charge in [0.25, 0.3) is 11.8 Å². The molecule has 1 atom stereocenters. The number of hydrogen-bond donors (Lipinski definition) is 1. The van der Waals surface area contributed by atoms with Gasteiger partial charge in [0.1, 0.15) is 23.9 Å². The zero-order valence-electron chi connectivity index (χ0n) is 18.0. The van der Waals surface area contributed by atoms with Gasteiger partial charge >= 0.3 is 12.1 Å². The average Bonchev–Trinajstić information content (AvgIpc) is 3.26. The van der Waals surface area contributed by atoms with Gasteiger partial charge in [0.05, 0.1) is 18.3 Å². The smallest absolute Gasteiger partial charge is 0.471 e. The third kappa shape index (κ3) is 4.24. The van der Waals surface area contributed by atoms with Crippen LogP contribution in [0.1, 0.15) is 28.7 Å². The summed E-state index contributed by atoms with van der Waals surface area (Å²) in [7, 11) is 0. The Morgan fingerprint density at radius 1 is 1.17 bits per heavy atom. The predicted molar refractivity (Wildman–Crippen MR) is 110 cm³/mol. The monoisotopic (exact) mass is 492 g/mol. The number of carbonyl (C=O) groups is 2. The molecule has 35 heavy (non-hydrogen) atoms. The molecule has 1 aromatic heterocycles. The Bertz CT molecular complexity index is 1340. The molecule has 2 amide bonds. The molecule has 3 aromatic rings. The summed E-state index contributed by atoms with van der Waals surface area (Å²) in [6.07, 6.45) is -4.84. The molecule has 13 heteroatoms. The van der Waals surface area contributed by atoms with E-state index in [1.165, 1.54) is 23.1 Å². The van der Waals surface area contributed by atoms with Crippen molar-refractivity contribution in [1.82, 2.24) is 15.0 Å². The quantitative estimate of drug-likeness (QED) is 0.545. The summed E-state index contributed by atoms with van der Waals surface area (Å²) >= 11 is 0. The summed E-state index contributed by atoms with van der Waals surface area (Å²) in [4.78, 5) is 29.4. The fraction of sp³-hybridized carbons (Fsp3) is 0.273. The molecule has 2 aliphatic heterocycles. The van der Waals surface area contributed by atoms with E-state index >= 15 is 4.39 Å². The molecule has 0 saturated carbocycles. The lowest BCUT2D eigenvalue weighted by Crippen LogP contribution is -2.40. The second-order valence-corrected chi connectivity index (χ2v) is 8.00. The topological polar surface area (TPSA) is 107 Å². The van der Waals surface area contributed by atoms with Gasteiger partial charge in [-0.25, -0.2) is 4.39 Å². The largest absolute Gasteiger partial charge is 0.491 e. The second-order valence-electron chi connectivity index (χ2n) is 8.00. The number of nitrogens with one attached hydrogen (secondary N) is 1. The van der Waals surface area contributed by atoms with Crippen molar-refractivity contribution in [3.63, 3.8) is 0 Å². The maximum atomic E-state index is 15.1. The first kappa shape index (κ1) is 22.6. The van der Waals surface area contributed by atoms with Crippen LogP contribution in [0, 0.1) is 5.82 Å². The van der Waals surface area contributed by atoms with E-state index in [0.29, 0.717) is 11.4 Å². The predicted octanol–water partition coefficient (Wildman–Crippen LogP) is 3.65. The van der Waals surface area contributed by atoms with Crippen LogP contribution in [0.3, 0.4) is 0 Å². The third-order valence-corrected chi connectivity index (χ3v) is 5.54. The van der Waals surface area contributed by atoms with Crippen molar-refractivity contribution in [2.75, 3.05) is 18.5 Å². The summed E-state index contributed by atoms with van der Waals surface area (Å²) in [5.74, 6) is -3.15. The molecule has 9 nitrogen and oxygen atoms in total. The minimum atomic E-state index is -4.84. The van der Waals surface area contributed by atoms with E-state index in [2.05, 4.69) is 20.0 Å². The number of carbonyl (C=O) groups excluding carboxylic acids is 2. The van der Waals surface area contributed by atoms with Gasteiger partial charge in [0, 0.05) is 16.7 Å². The number of alkyl halides is 3. The Hall–Kier alpha value is -4.16. The summed E-state index contributed by atoms with van der Waals surface area (Å²) in [5, 5.41) is 5.91. The molecule has 0 fully saturated rings. The van der Waals surface area contributed by atoms with Crippen LogP contribution < -0.4 is 14.8 Å². The van der Waals surface area contributed by atoms with Crippen LogP contribution in [0.5, 0.6) is 11.5 Å². The van der Waals surface area contributed by atoms with Crippen LogP contribution in [0.25, 0.3) is 11.4 Å². The van der Waals surface area contributed by atoms with Crippen molar-refractivity contribution < 1.29 is 41.1 Å². The molecule has 0 spiro atoms. The Labute approximate surface area is 194 Å². The highest BCUT2D eigenvalue weighted by molar-refractivity contribution is 5.99. The standard InChI is InChI=1S/C22H16F4N4O5/c1-10-8-33-16-6-12(19-28-21(35-29-19)22(24,25)26)4-14(23)13(16)7-30(10)20(32)11-2-3-15-17(5-11)34-9-18(31)27-15/h2-6,10H,7-9H2,1H3,(H,27,31)/t10-/m0/s1. The van der Waals surface area contributed by atoms with E-state index in [4.69, 9.17) is 9.47 Å². The maximum Gasteiger partial charge on any atom is 0.471 e. The number of amides is 2. The van der Waals surface area contributed by atoms with E-state index in [-0.39, 0.29) is 48.1 Å². The van der Waals surface area contributed by atoms with Gasteiger partial charge in [0.15, 0.2) is 6.61 Å². The summed E-state index contributed by atoms with van der Waals surface area (Å²) in [5.41, 5.74) is 0.678. The number of benzene rings is 2. The maximum absolute atomic E-state index is 15.1. The SMILES string of the molecule is C[C@H]1COc2cc(-c3noc(C(F)(F)F)n3)cc(F)c2CN1C(=O)c1ccc2c(c1)OCC(=O)N2. The first-order valence-corrected chi connectivity index (χ1v) is 10.3. The van der Waals surface area contributed by atoms with E-state index in [0.717, 1.165) is 6.07 Å². The van der Waals surface area contributed by atoms with Crippen molar-refractivity contribution in [2.24, 2.45) is 0 Å². The molecule has 3 heterocycles. The van der Waals surface area contributed by atoms with Crippen LogP contribution in [-0.2, 0) is 17.5 Å². The Kier molecular flexibility index (Phi) is 5.33. The zero-order valence-corrected chi connectivity index (χ0v) is 18.0. The first-order valence-electron chi connectivity index (χ1n) is 10.3. The lowest BCUT2D eigenvalue weighted by Gasteiger charge is -2.27. The highest BCUT2D eigenvalue weighted by atomic mass is 19.4. The minimum absolute atomic E-state index is 0.000817. The van der Waals surface area contributed by atoms with Crippen molar-refractivity contribution in [2.45, 2.75) is 25.7 Å². The molecule has 5 rings (SSSR count). The van der Waals surface area contributed by atoms with E-state index < -0.39 is 35.7 Å². The molecular weight excluding hydrogens is 476 g/mol. The molecular formula is C22H16F4N4O5. The van der Waals surface area contributed by atoms with Gasteiger partial charge in [-0.15, -0.1) is 0 Å². The van der Waals surface area contributed by atoms with Gasteiger partial charge < -0.3 is 24.2 Å². The first-order chi connectivity index (χ1) is 16.6. The number of hydrogen-bond acceptors (Lipinski definition) is 7. The molecule has 0 aliphatic carbocycles. The van der Waals surface area contributed by atoms with Crippen LogP contribution in [0.4, 0.5) is 23.2 Å². The molecule has 182 valence electrons. The third-order valence-electron chi connectivity index (χ3n) is 5.54. The fourth-order valence-electron chi connectivity index (χ4n) is 3.75. The van der Waals surface area contributed by atoms with Crippen molar-refractivity contribution in [3.05, 3.63) is 53.2 Å². The molecule has 2 aromatic carbocycles. The molecule has 1 N–H and O–H groups in total. The average molecular weight is 492 g/mol. The van der Waals surface area contributed by atoms with Gasteiger partial charge in [0.2, 0.25) is 5.82 Å². The number of ether oxygens (including phenoxy) is 2. The summed E-state index contributed by atoms with van der Waals surface area (Å²) in [6, 6.07) is 6.34. The highest BCUT2D eigenvalue weighted by Crippen LogP contribution is 2.35. The van der Waals surface area contributed by atoms with Crippen LogP contribution in [0.2, 0.25) is 0 Å². The number of halogens is 4. The minimum Gasteiger partial charge on any atom is -0.491 e. The van der Waals surface area contributed by atoms with Gasteiger partial charge in [-0.2, -0.15) is 18.2 Å². The zero-order chi connectivity index (χ0) is 24.9. The normalized spacial score (nSPS) is 17.5. The molecule has 0 unspecified atom stereocenters. The van der Waals surface area contributed by atoms with Crippen LogP contribution >= 0.6 is 0 Å². The highest BCUT2D eigenvalue weighted by Gasteiger charge is 2.39. The van der Waals surface area contributed by atoms with Gasteiger partial charge in [-0.05, 0) is 37.3 Å². The van der Waals surface area contributed by atoms with E-state index in [9.17, 15) is 22.8 Å². The molecule has 0 bridgehead atoms. The summed E-state index contributed by atoms with van der Waals surface area (Å²) < 4.78 is 68.7. The van der Waals surface area contributed by atoms with Crippen molar-refractivity contribution >= 4 is 17.5 Å². The molecule has 0 radical (unpaired) electrons. The van der Waals surface area contributed by atoms with Gasteiger partial charge in [-0.1, -0.05) is 5.16 Å². The van der Waals surface area contributed by atoms with Crippen molar-refractivity contribution in [3.8, 4) is 22.9 Å². The number of anilines is 1. The lowest BCUT2D eigenvalue weighted by atomic mass is 10.1. The number of fused-ring (bicyclic) bond motifs is 2. The van der Waals surface area contributed by atoms with Crippen LogP contribution in [0.15, 0.2) is 34.9 Å². The Balaban J connectivity index is 1.44.